The molecule has 154 valence electrons. The van der Waals surface area contributed by atoms with Crippen molar-refractivity contribution in [1.82, 2.24) is 15.2 Å². The molecule has 0 unspecified atom stereocenters. The topological polar surface area (TPSA) is 93.7 Å². The van der Waals surface area contributed by atoms with Crippen LogP contribution in [0.3, 0.4) is 0 Å². The highest BCUT2D eigenvalue weighted by Crippen LogP contribution is 2.40. The molecule has 1 fully saturated rings. The number of aromatic nitrogens is 1. The number of nitrogens with one attached hydrogen (secondary N) is 1. The molecule has 2 atom stereocenters. The number of thiocarbonyl (C=S) groups is 1. The van der Waals surface area contributed by atoms with E-state index in [-0.39, 0.29) is 17.8 Å². The van der Waals surface area contributed by atoms with Gasteiger partial charge in [-0.05, 0) is 36.5 Å². The second-order valence-electron chi connectivity index (χ2n) is 6.82. The Kier molecular flexibility index (Phi) is 5.73. The van der Waals surface area contributed by atoms with Crippen molar-refractivity contribution < 1.29 is 14.1 Å². The SMILES string of the molecule is COCCN1C(=S)N[C@@H](c2ccccn2)[C@H]1c1ccc(-c2cccc([N+](=O)[O-])c2)o1. The molecular weight excluding hydrogens is 404 g/mol. The fourth-order valence-electron chi connectivity index (χ4n) is 3.58. The molecule has 0 bridgehead atoms. The first-order chi connectivity index (χ1) is 14.6. The maximum atomic E-state index is 11.1. The molecule has 0 spiro atoms. The summed E-state index contributed by atoms with van der Waals surface area (Å²) in [5, 5.41) is 15.0. The highest BCUT2D eigenvalue weighted by atomic mass is 32.1. The van der Waals surface area contributed by atoms with Crippen LogP contribution in [-0.4, -0.2) is 40.2 Å². The van der Waals surface area contributed by atoms with Gasteiger partial charge in [-0.1, -0.05) is 18.2 Å². The minimum absolute atomic E-state index is 0.0160. The summed E-state index contributed by atoms with van der Waals surface area (Å²) in [4.78, 5) is 17.2. The van der Waals surface area contributed by atoms with E-state index in [1.54, 1.807) is 25.4 Å². The second-order valence-corrected chi connectivity index (χ2v) is 7.21. The molecule has 0 radical (unpaired) electrons. The number of nitro groups is 1. The highest BCUT2D eigenvalue weighted by molar-refractivity contribution is 7.80. The molecule has 0 aliphatic carbocycles. The van der Waals surface area contributed by atoms with E-state index < -0.39 is 4.92 Å². The third kappa shape index (κ3) is 3.89. The normalized spacial score (nSPS) is 18.4. The van der Waals surface area contributed by atoms with Crippen LogP contribution in [0.1, 0.15) is 23.5 Å². The molecule has 1 aliphatic rings. The zero-order valence-electron chi connectivity index (χ0n) is 16.2. The smallest absolute Gasteiger partial charge is 0.270 e. The van der Waals surface area contributed by atoms with Crippen LogP contribution in [0, 0.1) is 10.1 Å². The largest absolute Gasteiger partial charge is 0.459 e. The molecule has 1 aliphatic heterocycles. The Hall–Kier alpha value is -3.30. The Bertz CT molecular complexity index is 1060. The van der Waals surface area contributed by atoms with E-state index in [0.717, 1.165) is 5.69 Å². The third-order valence-corrected chi connectivity index (χ3v) is 5.35. The van der Waals surface area contributed by atoms with Crippen molar-refractivity contribution in [3.05, 3.63) is 82.4 Å². The number of hydrogen-bond acceptors (Lipinski definition) is 6. The van der Waals surface area contributed by atoms with Gasteiger partial charge in [0.05, 0.1) is 23.3 Å². The van der Waals surface area contributed by atoms with Gasteiger partial charge < -0.3 is 19.4 Å². The van der Waals surface area contributed by atoms with Crippen molar-refractivity contribution in [3.8, 4) is 11.3 Å². The molecule has 0 amide bonds. The first-order valence-electron chi connectivity index (χ1n) is 9.40. The van der Waals surface area contributed by atoms with Crippen molar-refractivity contribution in [2.75, 3.05) is 20.3 Å². The minimum Gasteiger partial charge on any atom is -0.459 e. The number of hydrogen-bond donors (Lipinski definition) is 1. The Labute approximate surface area is 178 Å². The molecule has 30 heavy (non-hydrogen) atoms. The van der Waals surface area contributed by atoms with Gasteiger partial charge >= 0.3 is 0 Å². The number of methoxy groups -OCH3 is 1. The van der Waals surface area contributed by atoms with Gasteiger partial charge in [-0.2, -0.15) is 0 Å². The average Bonchev–Trinajstić information content (AvgIpc) is 3.37. The molecule has 4 rings (SSSR count). The number of benzene rings is 1. The lowest BCUT2D eigenvalue weighted by Crippen LogP contribution is -2.32. The molecule has 3 aromatic rings. The summed E-state index contributed by atoms with van der Waals surface area (Å²) >= 11 is 5.57. The van der Waals surface area contributed by atoms with Crippen LogP contribution in [0.5, 0.6) is 0 Å². The fraction of sp³-hybridized carbons (Fsp3) is 0.238. The molecule has 0 saturated carbocycles. The number of ether oxygens (including phenoxy) is 1. The van der Waals surface area contributed by atoms with Crippen LogP contribution in [0.25, 0.3) is 11.3 Å². The predicted molar refractivity (Wildman–Crippen MR) is 115 cm³/mol. The van der Waals surface area contributed by atoms with Crippen molar-refractivity contribution >= 4 is 23.0 Å². The summed E-state index contributed by atoms with van der Waals surface area (Å²) in [5.41, 5.74) is 1.50. The summed E-state index contributed by atoms with van der Waals surface area (Å²) in [6.07, 6.45) is 1.74. The second kappa shape index (κ2) is 8.60. The minimum atomic E-state index is -0.420. The van der Waals surface area contributed by atoms with Gasteiger partial charge in [0, 0.05) is 37.5 Å². The number of non-ortho nitro benzene ring substituents is 1. The lowest BCUT2D eigenvalue weighted by molar-refractivity contribution is -0.384. The number of nitro benzene ring substituents is 1. The van der Waals surface area contributed by atoms with E-state index in [9.17, 15) is 10.1 Å². The van der Waals surface area contributed by atoms with E-state index in [2.05, 4.69) is 10.3 Å². The summed E-state index contributed by atoms with van der Waals surface area (Å²) < 4.78 is 11.4. The standard InChI is InChI=1S/C21H20N4O4S/c1-28-12-11-24-20(19(23-21(24)30)16-7-2-3-10-22-16)18-9-8-17(29-18)14-5-4-6-15(13-14)25(26)27/h2-10,13,19-20H,11-12H2,1H3,(H,23,30)/t19-,20+/m0/s1. The maximum absolute atomic E-state index is 11.1. The fourth-order valence-corrected chi connectivity index (χ4v) is 3.92. The van der Waals surface area contributed by atoms with Gasteiger partial charge in [0.1, 0.15) is 17.6 Å². The lowest BCUT2D eigenvalue weighted by Gasteiger charge is -2.25. The summed E-state index contributed by atoms with van der Waals surface area (Å²) in [7, 11) is 1.64. The van der Waals surface area contributed by atoms with Crippen LogP contribution < -0.4 is 5.32 Å². The van der Waals surface area contributed by atoms with Gasteiger partial charge in [0.2, 0.25) is 0 Å². The van der Waals surface area contributed by atoms with Gasteiger partial charge in [-0.15, -0.1) is 0 Å². The molecule has 3 heterocycles. The van der Waals surface area contributed by atoms with Crippen LogP contribution >= 0.6 is 12.2 Å². The van der Waals surface area contributed by atoms with Crippen LogP contribution in [0.2, 0.25) is 0 Å². The predicted octanol–water partition coefficient (Wildman–Crippen LogP) is 3.87. The van der Waals surface area contributed by atoms with E-state index in [1.807, 2.05) is 35.2 Å². The molecule has 9 heteroatoms. The van der Waals surface area contributed by atoms with Gasteiger partial charge in [0.15, 0.2) is 5.11 Å². The monoisotopic (exact) mass is 424 g/mol. The first kappa shape index (κ1) is 20.0. The molecule has 2 aromatic heterocycles. The van der Waals surface area contributed by atoms with Gasteiger partial charge in [0.25, 0.3) is 5.69 Å². The highest BCUT2D eigenvalue weighted by Gasteiger charge is 2.41. The van der Waals surface area contributed by atoms with E-state index in [4.69, 9.17) is 21.4 Å². The van der Waals surface area contributed by atoms with E-state index in [0.29, 0.717) is 35.3 Å². The van der Waals surface area contributed by atoms with Crippen molar-refractivity contribution in [2.24, 2.45) is 0 Å². The number of rotatable bonds is 7. The number of nitrogens with zero attached hydrogens (tertiary/aromatic N) is 3. The van der Waals surface area contributed by atoms with Crippen LogP contribution in [0.4, 0.5) is 5.69 Å². The molecule has 8 nitrogen and oxygen atoms in total. The summed E-state index contributed by atoms with van der Waals surface area (Å²) in [6.45, 7) is 1.09. The Morgan fingerprint density at radius 3 is 2.87 bits per heavy atom. The average molecular weight is 424 g/mol. The van der Waals surface area contributed by atoms with E-state index in [1.165, 1.54) is 12.1 Å². The molecule has 1 aromatic carbocycles. The Morgan fingerprint density at radius 1 is 1.27 bits per heavy atom. The third-order valence-electron chi connectivity index (χ3n) is 4.99. The zero-order valence-corrected chi connectivity index (χ0v) is 17.0. The van der Waals surface area contributed by atoms with Crippen molar-refractivity contribution in [2.45, 2.75) is 12.1 Å². The Morgan fingerprint density at radius 2 is 2.13 bits per heavy atom. The maximum Gasteiger partial charge on any atom is 0.270 e. The van der Waals surface area contributed by atoms with Crippen LogP contribution in [0.15, 0.2) is 65.2 Å². The van der Waals surface area contributed by atoms with Gasteiger partial charge in [-0.25, -0.2) is 0 Å². The first-order valence-corrected chi connectivity index (χ1v) is 9.81. The Balaban J connectivity index is 1.71. The van der Waals surface area contributed by atoms with Gasteiger partial charge in [-0.3, -0.25) is 15.1 Å². The zero-order chi connectivity index (χ0) is 21.1. The summed E-state index contributed by atoms with van der Waals surface area (Å²) in [5.74, 6) is 1.24. The van der Waals surface area contributed by atoms with Crippen LogP contribution in [-0.2, 0) is 4.74 Å². The van der Waals surface area contributed by atoms with Crippen molar-refractivity contribution in [3.63, 3.8) is 0 Å². The van der Waals surface area contributed by atoms with E-state index >= 15 is 0 Å². The quantitative estimate of drug-likeness (QED) is 0.347. The number of furan rings is 1. The molecular formula is C21H20N4O4S. The summed E-state index contributed by atoms with van der Waals surface area (Å²) in [6, 6.07) is 15.4. The van der Waals surface area contributed by atoms with Crippen molar-refractivity contribution in [1.29, 1.82) is 0 Å². The molecule has 1 N–H and O–H groups in total. The lowest BCUT2D eigenvalue weighted by atomic mass is 10.0. The molecule has 1 saturated heterocycles. The number of pyridine rings is 1.